The fraction of sp³-hybridized carbons (Fsp3) is 0.576. The summed E-state index contributed by atoms with van der Waals surface area (Å²) >= 11 is 0. The first-order valence-corrected chi connectivity index (χ1v) is 15.7. The maximum atomic E-state index is 13.6. The molecule has 0 saturated carbocycles. The van der Waals surface area contributed by atoms with Crippen LogP contribution >= 0.6 is 0 Å². The van der Waals surface area contributed by atoms with Gasteiger partial charge in [0.1, 0.15) is 24.4 Å². The average molecular weight is 674 g/mol. The van der Waals surface area contributed by atoms with E-state index in [2.05, 4.69) is 0 Å². The van der Waals surface area contributed by atoms with Crippen LogP contribution in [0.25, 0.3) is 0 Å². The number of esters is 2. The molecule has 15 nitrogen and oxygen atoms in total. The Morgan fingerprint density at radius 1 is 0.938 bits per heavy atom. The Balaban J connectivity index is 1.29. The van der Waals surface area contributed by atoms with Crippen LogP contribution in [0.4, 0.5) is 0 Å². The summed E-state index contributed by atoms with van der Waals surface area (Å²) in [6, 6.07) is 7.01. The molecule has 4 aliphatic heterocycles. The van der Waals surface area contributed by atoms with Crippen molar-refractivity contribution in [1.29, 1.82) is 0 Å². The number of carbonyl (C=O) groups is 2. The van der Waals surface area contributed by atoms with Crippen LogP contribution in [0.5, 0.6) is 28.7 Å². The second kappa shape index (κ2) is 13.0. The van der Waals surface area contributed by atoms with Gasteiger partial charge in [-0.25, -0.2) is 0 Å². The molecule has 1 aliphatic carbocycles. The Morgan fingerprint density at radius 2 is 1.62 bits per heavy atom. The normalized spacial score (nSPS) is 33.4. The van der Waals surface area contributed by atoms with Gasteiger partial charge in [0.15, 0.2) is 35.6 Å². The number of likely N-dealkylation sites (N-methyl/N-ethyl adjacent to an activating group) is 1. The molecule has 7 rings (SSSR count). The molecule has 260 valence electrons. The molecule has 10 atom stereocenters. The van der Waals surface area contributed by atoms with E-state index in [9.17, 15) is 19.8 Å². The molecule has 48 heavy (non-hydrogen) atoms. The highest BCUT2D eigenvalue weighted by atomic mass is 16.8. The van der Waals surface area contributed by atoms with Crippen LogP contribution in [0.15, 0.2) is 24.3 Å². The van der Waals surface area contributed by atoms with Gasteiger partial charge in [-0.05, 0) is 62.0 Å². The number of rotatable bonds is 8. The number of hydrogen-bond donors (Lipinski definition) is 2. The molecule has 0 spiro atoms. The summed E-state index contributed by atoms with van der Waals surface area (Å²) in [7, 11) is 6.39. The first-order chi connectivity index (χ1) is 23.1. The van der Waals surface area contributed by atoms with Crippen LogP contribution in [0.2, 0.25) is 0 Å². The average Bonchev–Trinajstić information content (AvgIpc) is 3.68. The number of cyclic esters (lactones) is 1. The zero-order chi connectivity index (χ0) is 33.9. The molecule has 2 aromatic carbocycles. The van der Waals surface area contributed by atoms with E-state index >= 15 is 0 Å². The Kier molecular flexibility index (Phi) is 8.87. The summed E-state index contributed by atoms with van der Waals surface area (Å²) in [6.07, 6.45) is -6.95. The summed E-state index contributed by atoms with van der Waals surface area (Å²) < 4.78 is 58.0. The number of nitrogens with zero attached hydrogens (tertiary/aromatic N) is 1. The van der Waals surface area contributed by atoms with Crippen LogP contribution < -0.4 is 23.7 Å². The Bertz CT molecular complexity index is 1540. The number of aliphatic hydroxyl groups excluding tert-OH is 2. The lowest BCUT2D eigenvalue weighted by atomic mass is 9.66. The van der Waals surface area contributed by atoms with Gasteiger partial charge in [0.05, 0.1) is 46.0 Å². The van der Waals surface area contributed by atoms with Crippen molar-refractivity contribution in [3.8, 4) is 28.7 Å². The highest BCUT2D eigenvalue weighted by Crippen LogP contribution is 2.57. The third-order valence-electron chi connectivity index (χ3n) is 9.39. The summed E-state index contributed by atoms with van der Waals surface area (Å²) in [5, 5.41) is 22.1. The van der Waals surface area contributed by atoms with E-state index in [1.165, 1.54) is 14.2 Å². The molecular weight excluding hydrogens is 634 g/mol. The zero-order valence-corrected chi connectivity index (χ0v) is 27.2. The number of methoxy groups -OCH3 is 2. The predicted octanol–water partition coefficient (Wildman–Crippen LogP) is 1.10. The lowest BCUT2D eigenvalue weighted by Crippen LogP contribution is -2.63. The molecule has 2 aromatic rings. The minimum absolute atomic E-state index is 0.0100. The number of benzene rings is 2. The largest absolute Gasteiger partial charge is 0.493 e. The van der Waals surface area contributed by atoms with Crippen LogP contribution in [-0.4, -0.2) is 119 Å². The summed E-state index contributed by atoms with van der Waals surface area (Å²) in [5.41, 5.74) is 1.95. The molecule has 0 radical (unpaired) electrons. The third kappa shape index (κ3) is 5.72. The maximum Gasteiger partial charge on any atom is 0.325 e. The van der Waals surface area contributed by atoms with Gasteiger partial charge in [-0.15, -0.1) is 0 Å². The zero-order valence-electron chi connectivity index (χ0n) is 27.2. The Labute approximate surface area is 276 Å². The van der Waals surface area contributed by atoms with Crippen molar-refractivity contribution in [3.05, 3.63) is 41.0 Å². The first kappa shape index (κ1) is 32.8. The number of ether oxygens (including phenoxy) is 10. The van der Waals surface area contributed by atoms with Crippen molar-refractivity contribution in [2.24, 2.45) is 11.8 Å². The van der Waals surface area contributed by atoms with Crippen molar-refractivity contribution in [2.75, 3.05) is 54.9 Å². The van der Waals surface area contributed by atoms with Gasteiger partial charge < -0.3 is 57.6 Å². The van der Waals surface area contributed by atoms with Gasteiger partial charge >= 0.3 is 11.9 Å². The van der Waals surface area contributed by atoms with Crippen molar-refractivity contribution < 1.29 is 67.2 Å². The molecule has 3 saturated heterocycles. The van der Waals surface area contributed by atoms with Crippen molar-refractivity contribution in [2.45, 2.75) is 55.9 Å². The van der Waals surface area contributed by atoms with Gasteiger partial charge in [-0.3, -0.25) is 14.5 Å². The van der Waals surface area contributed by atoms with Crippen LogP contribution in [0.1, 0.15) is 35.6 Å². The first-order valence-electron chi connectivity index (χ1n) is 15.7. The Morgan fingerprint density at radius 3 is 2.29 bits per heavy atom. The lowest BCUT2D eigenvalue weighted by Gasteiger charge is -2.47. The van der Waals surface area contributed by atoms with Crippen molar-refractivity contribution in [1.82, 2.24) is 4.90 Å². The molecule has 2 N–H and O–H groups in total. The van der Waals surface area contributed by atoms with Crippen molar-refractivity contribution >= 4 is 11.9 Å². The van der Waals surface area contributed by atoms with Crippen LogP contribution in [0, 0.1) is 11.8 Å². The van der Waals surface area contributed by atoms with Crippen LogP contribution in [-0.2, 0) is 33.3 Å². The molecule has 5 aliphatic rings. The van der Waals surface area contributed by atoms with Crippen LogP contribution in [0.3, 0.4) is 0 Å². The number of hydrogen-bond acceptors (Lipinski definition) is 15. The predicted molar refractivity (Wildman–Crippen MR) is 161 cm³/mol. The van der Waals surface area contributed by atoms with Gasteiger partial charge in [0, 0.05) is 11.8 Å². The lowest BCUT2D eigenvalue weighted by molar-refractivity contribution is -0.364. The number of fused-ring (bicyclic) bond motifs is 4. The van der Waals surface area contributed by atoms with Gasteiger partial charge in [0.2, 0.25) is 12.5 Å². The van der Waals surface area contributed by atoms with Gasteiger partial charge in [-0.1, -0.05) is 0 Å². The Hall–Kier alpha value is -3.70. The quantitative estimate of drug-likeness (QED) is 0.301. The summed E-state index contributed by atoms with van der Waals surface area (Å²) in [6.45, 7) is 1.90. The maximum absolute atomic E-state index is 13.6. The monoisotopic (exact) mass is 673 g/mol. The molecule has 3 fully saturated rings. The molecule has 0 amide bonds. The van der Waals surface area contributed by atoms with Crippen molar-refractivity contribution in [3.63, 3.8) is 0 Å². The van der Waals surface area contributed by atoms with E-state index in [-0.39, 0.29) is 43.8 Å². The molecule has 6 unspecified atom stereocenters. The molecule has 15 heteroatoms. The van der Waals surface area contributed by atoms with E-state index < -0.39 is 72.8 Å². The van der Waals surface area contributed by atoms with E-state index in [1.54, 1.807) is 50.2 Å². The highest BCUT2D eigenvalue weighted by Gasteiger charge is 2.56. The fourth-order valence-electron chi connectivity index (χ4n) is 7.23. The van der Waals surface area contributed by atoms with E-state index in [4.69, 9.17) is 47.4 Å². The second-order valence-electron chi connectivity index (χ2n) is 12.7. The van der Waals surface area contributed by atoms with E-state index in [0.717, 1.165) is 0 Å². The molecule has 4 heterocycles. The van der Waals surface area contributed by atoms with E-state index in [0.29, 0.717) is 28.2 Å². The number of carbonyl (C=O) groups excluding carboxylic acids is 2. The van der Waals surface area contributed by atoms with Gasteiger partial charge in [0.25, 0.3) is 0 Å². The minimum Gasteiger partial charge on any atom is -0.493 e. The minimum atomic E-state index is -1.46. The molecule has 0 bridgehead atoms. The second-order valence-corrected chi connectivity index (χ2v) is 12.7. The fourth-order valence-corrected chi connectivity index (χ4v) is 7.23. The molecular formula is C33H39NO14. The van der Waals surface area contributed by atoms with Gasteiger partial charge in [-0.2, -0.15) is 0 Å². The topological polar surface area (TPSA) is 170 Å². The highest BCUT2D eigenvalue weighted by molar-refractivity contribution is 5.80. The SMILES string of the molecule is COc1cc([C@@H]2c3cc4c(cc3[C@@H](OC3OC5COC(C)OC5C(O)C3O)[C@H]3COC(=O)[C@H]23)OCO4)cc(OC)c1OC(=O)CN(C)C. The van der Waals surface area contributed by atoms with E-state index in [1.807, 2.05) is 0 Å². The third-order valence-corrected chi connectivity index (χ3v) is 9.39. The smallest absolute Gasteiger partial charge is 0.325 e. The molecule has 0 aromatic heterocycles. The summed E-state index contributed by atoms with van der Waals surface area (Å²) in [5.74, 6) is -1.35. The number of aliphatic hydroxyl groups is 2. The standard InChI is InChI=1S/C33H39NO14/c1-14-41-12-23-31(45-14)27(36)28(37)33(46-23)48-29-17-9-20-19(43-13-44-20)8-16(17)25(26-18(29)11-42-32(26)38)15-6-21(39-4)30(22(7-15)40-5)47-24(35)10-34(2)3/h6-9,14,18,23,25-29,31,33,36-37H,10-13H2,1-5H3/t14?,18-,23?,25+,26-,27?,28?,29+,31?,33?/m0/s1. The summed E-state index contributed by atoms with van der Waals surface area (Å²) in [4.78, 5) is 27.9.